The molecule has 3 nitrogen and oxygen atoms in total. The second kappa shape index (κ2) is 7.16. The largest absolute Gasteiger partial charge is 0.321 e. The lowest BCUT2D eigenvalue weighted by atomic mass is 10.1. The van der Waals surface area contributed by atoms with Gasteiger partial charge in [-0.3, -0.25) is 4.79 Å². The third-order valence-corrected chi connectivity index (χ3v) is 4.02. The van der Waals surface area contributed by atoms with Gasteiger partial charge in [-0.1, -0.05) is 54.1 Å². The van der Waals surface area contributed by atoms with Crippen LogP contribution < -0.4 is 5.32 Å². The van der Waals surface area contributed by atoms with Crippen LogP contribution in [0.25, 0.3) is 16.8 Å². The molecule has 0 aromatic heterocycles. The summed E-state index contributed by atoms with van der Waals surface area (Å²) < 4.78 is 13.9. The van der Waals surface area contributed by atoms with Gasteiger partial charge in [0.15, 0.2) is 0 Å². The molecule has 3 aromatic carbocycles. The van der Waals surface area contributed by atoms with E-state index in [1.54, 1.807) is 18.2 Å². The Morgan fingerprint density at radius 2 is 1.80 bits per heavy atom. The predicted octanol–water partition coefficient (Wildman–Crippen LogP) is 5.18. The smallest absolute Gasteiger partial charge is 0.266 e. The summed E-state index contributed by atoms with van der Waals surface area (Å²) in [4.78, 5) is 12.4. The zero-order chi connectivity index (χ0) is 17.8. The number of halogens is 2. The number of carbonyl (C=O) groups excluding carboxylic acids is 1. The maximum absolute atomic E-state index is 13.9. The fraction of sp³-hybridized carbons (Fsp3) is 0. The highest BCUT2D eigenvalue weighted by Crippen LogP contribution is 2.25. The molecule has 1 N–H and O–H groups in total. The molecule has 25 heavy (non-hydrogen) atoms. The summed E-state index contributed by atoms with van der Waals surface area (Å²) >= 11 is 5.95. The first-order valence-electron chi connectivity index (χ1n) is 7.45. The summed E-state index contributed by atoms with van der Waals surface area (Å²) in [7, 11) is 0. The van der Waals surface area contributed by atoms with Crippen molar-refractivity contribution in [2.24, 2.45) is 0 Å². The Hall–Kier alpha value is -3.16. The SMILES string of the molecule is N#C/C(=C\c1c(F)cccc1Cl)C(=O)Nc1cccc2ccccc12. The predicted molar refractivity (Wildman–Crippen MR) is 97.6 cm³/mol. The molecular weight excluding hydrogens is 339 g/mol. The third kappa shape index (κ3) is 3.52. The van der Waals surface area contributed by atoms with Gasteiger partial charge in [-0.2, -0.15) is 5.26 Å². The normalized spacial score (nSPS) is 11.2. The molecule has 0 saturated carbocycles. The summed E-state index contributed by atoms with van der Waals surface area (Å²) in [6.07, 6.45) is 1.15. The van der Waals surface area contributed by atoms with Crippen molar-refractivity contribution in [3.8, 4) is 6.07 Å². The number of amides is 1. The van der Waals surface area contributed by atoms with Gasteiger partial charge in [-0.25, -0.2) is 4.39 Å². The molecule has 0 unspecified atom stereocenters. The van der Waals surface area contributed by atoms with Gasteiger partial charge in [-0.15, -0.1) is 0 Å². The van der Waals surface area contributed by atoms with E-state index in [4.69, 9.17) is 11.6 Å². The number of nitrogens with zero attached hydrogens (tertiary/aromatic N) is 1. The summed E-state index contributed by atoms with van der Waals surface area (Å²) in [6.45, 7) is 0. The van der Waals surface area contributed by atoms with E-state index >= 15 is 0 Å². The Morgan fingerprint density at radius 1 is 1.08 bits per heavy atom. The number of carbonyl (C=O) groups is 1. The van der Waals surface area contributed by atoms with Crippen LogP contribution in [0.4, 0.5) is 10.1 Å². The van der Waals surface area contributed by atoms with Gasteiger partial charge in [0.25, 0.3) is 5.91 Å². The van der Waals surface area contributed by atoms with Crippen LogP contribution in [0.3, 0.4) is 0 Å². The van der Waals surface area contributed by atoms with E-state index in [1.165, 1.54) is 18.2 Å². The van der Waals surface area contributed by atoms with Crippen LogP contribution in [0.5, 0.6) is 0 Å². The number of nitriles is 1. The van der Waals surface area contributed by atoms with Gasteiger partial charge in [-0.05, 0) is 29.7 Å². The minimum Gasteiger partial charge on any atom is -0.321 e. The van der Waals surface area contributed by atoms with E-state index in [0.717, 1.165) is 16.8 Å². The molecule has 0 bridgehead atoms. The Morgan fingerprint density at radius 3 is 2.56 bits per heavy atom. The van der Waals surface area contributed by atoms with Crippen molar-refractivity contribution in [3.63, 3.8) is 0 Å². The summed E-state index contributed by atoms with van der Waals surface area (Å²) in [5.74, 6) is -1.23. The lowest BCUT2D eigenvalue weighted by Crippen LogP contribution is -2.13. The molecule has 0 radical (unpaired) electrons. The lowest BCUT2D eigenvalue weighted by molar-refractivity contribution is -0.112. The molecule has 0 fully saturated rings. The maximum Gasteiger partial charge on any atom is 0.266 e. The van der Waals surface area contributed by atoms with E-state index in [2.05, 4.69) is 5.32 Å². The molecule has 0 aliphatic carbocycles. The third-order valence-electron chi connectivity index (χ3n) is 3.69. The fourth-order valence-corrected chi connectivity index (χ4v) is 2.68. The second-order valence-electron chi connectivity index (χ2n) is 5.29. The number of hydrogen-bond donors (Lipinski definition) is 1. The van der Waals surface area contributed by atoms with Crippen LogP contribution in [-0.2, 0) is 4.79 Å². The first kappa shape index (κ1) is 16.7. The summed E-state index contributed by atoms with van der Waals surface area (Å²) in [5, 5.41) is 13.9. The minimum atomic E-state index is -0.627. The molecule has 0 aliphatic heterocycles. The first-order valence-corrected chi connectivity index (χ1v) is 7.83. The standard InChI is InChI=1S/C20H12ClFN2O/c21-17-8-4-9-18(22)16(17)11-14(12-23)20(25)24-19-10-3-6-13-5-1-2-7-15(13)19/h1-11H,(H,24,25)/b14-11+. The molecule has 122 valence electrons. The number of benzene rings is 3. The van der Waals surface area contributed by atoms with Gasteiger partial charge in [0.05, 0.1) is 5.02 Å². The molecule has 0 heterocycles. The molecule has 1 amide bonds. The highest BCUT2D eigenvalue weighted by Gasteiger charge is 2.13. The molecule has 0 aliphatic rings. The van der Waals surface area contributed by atoms with Crippen molar-refractivity contribution < 1.29 is 9.18 Å². The van der Waals surface area contributed by atoms with Gasteiger partial charge >= 0.3 is 0 Å². The Labute approximate surface area is 149 Å². The van der Waals surface area contributed by atoms with E-state index in [9.17, 15) is 14.4 Å². The zero-order valence-electron chi connectivity index (χ0n) is 13.0. The van der Waals surface area contributed by atoms with Gasteiger partial charge in [0, 0.05) is 16.6 Å². The quantitative estimate of drug-likeness (QED) is 0.522. The maximum atomic E-state index is 13.9. The highest BCUT2D eigenvalue weighted by molar-refractivity contribution is 6.32. The average Bonchev–Trinajstić information content (AvgIpc) is 2.62. The minimum absolute atomic E-state index is 0.00814. The van der Waals surface area contributed by atoms with Crippen LogP contribution in [0.1, 0.15) is 5.56 Å². The van der Waals surface area contributed by atoms with Crippen LogP contribution in [0, 0.1) is 17.1 Å². The van der Waals surface area contributed by atoms with Crippen LogP contribution >= 0.6 is 11.6 Å². The average molecular weight is 351 g/mol. The van der Waals surface area contributed by atoms with E-state index in [-0.39, 0.29) is 16.2 Å². The van der Waals surface area contributed by atoms with Crippen LogP contribution in [-0.4, -0.2) is 5.91 Å². The second-order valence-corrected chi connectivity index (χ2v) is 5.69. The van der Waals surface area contributed by atoms with E-state index in [0.29, 0.717) is 5.69 Å². The number of nitrogens with one attached hydrogen (secondary N) is 1. The molecule has 5 heteroatoms. The van der Waals surface area contributed by atoms with Crippen molar-refractivity contribution in [3.05, 3.63) is 82.6 Å². The van der Waals surface area contributed by atoms with Crippen molar-refractivity contribution >= 4 is 40.0 Å². The first-order chi connectivity index (χ1) is 12.1. The number of anilines is 1. The summed E-state index contributed by atoms with van der Waals surface area (Å²) in [5.41, 5.74) is 0.345. The molecule has 0 saturated heterocycles. The topological polar surface area (TPSA) is 52.9 Å². The summed E-state index contributed by atoms with van der Waals surface area (Å²) in [6, 6.07) is 19.0. The van der Waals surface area contributed by atoms with Crippen molar-refractivity contribution in [2.75, 3.05) is 5.32 Å². The zero-order valence-corrected chi connectivity index (χ0v) is 13.7. The lowest BCUT2D eigenvalue weighted by Gasteiger charge is -2.08. The van der Waals surface area contributed by atoms with Crippen molar-refractivity contribution in [1.82, 2.24) is 0 Å². The number of fused-ring (bicyclic) bond motifs is 1. The highest BCUT2D eigenvalue weighted by atomic mass is 35.5. The van der Waals surface area contributed by atoms with Gasteiger partial charge in [0.1, 0.15) is 17.5 Å². The van der Waals surface area contributed by atoms with Crippen LogP contribution in [0.15, 0.2) is 66.2 Å². The molecule has 3 aromatic rings. The monoisotopic (exact) mass is 350 g/mol. The Kier molecular flexibility index (Phi) is 4.78. The Balaban J connectivity index is 1.96. The van der Waals surface area contributed by atoms with Gasteiger partial charge in [0.2, 0.25) is 0 Å². The van der Waals surface area contributed by atoms with E-state index < -0.39 is 11.7 Å². The molecule has 0 atom stereocenters. The molecular formula is C20H12ClFN2O. The van der Waals surface area contributed by atoms with E-state index in [1.807, 2.05) is 30.3 Å². The molecule has 3 rings (SSSR count). The van der Waals surface area contributed by atoms with Crippen molar-refractivity contribution in [2.45, 2.75) is 0 Å². The Bertz CT molecular complexity index is 1010. The van der Waals surface area contributed by atoms with Crippen LogP contribution in [0.2, 0.25) is 5.02 Å². The van der Waals surface area contributed by atoms with Gasteiger partial charge < -0.3 is 5.32 Å². The fourth-order valence-electron chi connectivity index (χ4n) is 2.47. The number of hydrogen-bond acceptors (Lipinski definition) is 2. The number of rotatable bonds is 3. The molecule has 0 spiro atoms. The van der Waals surface area contributed by atoms with Crippen molar-refractivity contribution in [1.29, 1.82) is 5.26 Å².